The quantitative estimate of drug-likeness (QED) is 0.834. The molecule has 0 amide bonds. The van der Waals surface area contributed by atoms with Gasteiger partial charge in [-0.3, -0.25) is 4.90 Å². The summed E-state index contributed by atoms with van der Waals surface area (Å²) in [6.45, 7) is 4.24. The van der Waals surface area contributed by atoms with Gasteiger partial charge in [-0.05, 0) is 42.9 Å². The van der Waals surface area contributed by atoms with Crippen molar-refractivity contribution in [3.05, 3.63) is 35.4 Å². The highest BCUT2D eigenvalue weighted by Crippen LogP contribution is 2.21. The molecule has 2 rings (SSSR count). The fraction of sp³-hybridized carbons (Fsp3) is 0.600. The summed E-state index contributed by atoms with van der Waals surface area (Å²) in [7, 11) is 0. The number of rotatable bonds is 5. The Kier molecular flexibility index (Phi) is 5.17. The van der Waals surface area contributed by atoms with E-state index in [1.807, 2.05) is 0 Å². The van der Waals surface area contributed by atoms with Gasteiger partial charge in [0.15, 0.2) is 0 Å². The third kappa shape index (κ3) is 3.80. The standard InChI is InChI=1S/C15H24N2O/c16-10-14-3-1-4-15(9-14)12-17-7-2-5-13(11-17)6-8-18/h1,3-4,9,13,18H,2,5-8,10-12,16H2. The lowest BCUT2D eigenvalue weighted by molar-refractivity contribution is 0.142. The van der Waals surface area contributed by atoms with E-state index in [0.29, 0.717) is 19.1 Å². The zero-order valence-corrected chi connectivity index (χ0v) is 11.0. The van der Waals surface area contributed by atoms with Crippen LogP contribution in [0.4, 0.5) is 0 Å². The molecule has 1 fully saturated rings. The Morgan fingerprint density at radius 2 is 2.17 bits per heavy atom. The number of aliphatic hydroxyl groups excluding tert-OH is 1. The lowest BCUT2D eigenvalue weighted by Gasteiger charge is -2.32. The van der Waals surface area contributed by atoms with Crippen molar-refractivity contribution in [3.8, 4) is 0 Å². The van der Waals surface area contributed by atoms with Crippen LogP contribution in [0.5, 0.6) is 0 Å². The maximum Gasteiger partial charge on any atom is 0.0434 e. The molecule has 18 heavy (non-hydrogen) atoms. The first-order valence-electron chi connectivity index (χ1n) is 6.93. The van der Waals surface area contributed by atoms with Crippen LogP contribution in [0.2, 0.25) is 0 Å². The van der Waals surface area contributed by atoms with Crippen molar-refractivity contribution >= 4 is 0 Å². The lowest BCUT2D eigenvalue weighted by Crippen LogP contribution is -2.35. The molecule has 1 heterocycles. The van der Waals surface area contributed by atoms with Crippen LogP contribution in [0.15, 0.2) is 24.3 Å². The molecule has 0 saturated carbocycles. The highest BCUT2D eigenvalue weighted by atomic mass is 16.3. The van der Waals surface area contributed by atoms with Crippen molar-refractivity contribution in [2.45, 2.75) is 32.4 Å². The molecule has 3 nitrogen and oxygen atoms in total. The van der Waals surface area contributed by atoms with Crippen LogP contribution >= 0.6 is 0 Å². The summed E-state index contributed by atoms with van der Waals surface area (Å²) in [4.78, 5) is 2.50. The SMILES string of the molecule is NCc1cccc(CN2CCCC(CCO)C2)c1. The Balaban J connectivity index is 1.91. The maximum absolute atomic E-state index is 9.03. The average molecular weight is 248 g/mol. The molecule has 0 spiro atoms. The monoisotopic (exact) mass is 248 g/mol. The molecule has 0 aliphatic carbocycles. The van der Waals surface area contributed by atoms with Crippen LogP contribution in [0.3, 0.4) is 0 Å². The van der Waals surface area contributed by atoms with E-state index >= 15 is 0 Å². The minimum Gasteiger partial charge on any atom is -0.396 e. The number of likely N-dealkylation sites (tertiary alicyclic amines) is 1. The zero-order chi connectivity index (χ0) is 12.8. The van der Waals surface area contributed by atoms with E-state index in [1.54, 1.807) is 0 Å². The first-order chi connectivity index (χ1) is 8.81. The summed E-state index contributed by atoms with van der Waals surface area (Å²) in [5, 5.41) is 9.03. The molecule has 1 aromatic carbocycles. The van der Waals surface area contributed by atoms with Crippen LogP contribution in [-0.4, -0.2) is 29.7 Å². The number of aliphatic hydroxyl groups is 1. The van der Waals surface area contributed by atoms with E-state index in [9.17, 15) is 0 Å². The van der Waals surface area contributed by atoms with Crippen LogP contribution in [0.25, 0.3) is 0 Å². The van der Waals surface area contributed by atoms with Gasteiger partial charge in [-0.15, -0.1) is 0 Å². The molecule has 1 unspecified atom stereocenters. The van der Waals surface area contributed by atoms with E-state index in [-0.39, 0.29) is 0 Å². The van der Waals surface area contributed by atoms with Gasteiger partial charge in [0.25, 0.3) is 0 Å². The third-order valence-corrected chi connectivity index (χ3v) is 3.77. The molecule has 100 valence electrons. The van der Waals surface area contributed by atoms with Crippen molar-refractivity contribution in [1.29, 1.82) is 0 Å². The Bertz CT molecular complexity index is 365. The highest BCUT2D eigenvalue weighted by Gasteiger charge is 2.19. The fourth-order valence-corrected chi connectivity index (χ4v) is 2.83. The summed E-state index contributed by atoms with van der Waals surface area (Å²) in [5.41, 5.74) is 8.23. The number of hydrogen-bond donors (Lipinski definition) is 2. The second-order valence-corrected chi connectivity index (χ2v) is 5.28. The largest absolute Gasteiger partial charge is 0.396 e. The predicted octanol–water partition coefficient (Wildman–Crippen LogP) is 1.74. The van der Waals surface area contributed by atoms with Crippen molar-refractivity contribution in [2.24, 2.45) is 11.7 Å². The summed E-state index contributed by atoms with van der Waals surface area (Å²) in [6.07, 6.45) is 3.46. The molecular weight excluding hydrogens is 224 g/mol. The van der Waals surface area contributed by atoms with E-state index in [2.05, 4.69) is 29.2 Å². The first-order valence-corrected chi connectivity index (χ1v) is 6.93. The van der Waals surface area contributed by atoms with Gasteiger partial charge in [-0.1, -0.05) is 24.3 Å². The Labute approximate surface area is 110 Å². The van der Waals surface area contributed by atoms with Gasteiger partial charge in [0.1, 0.15) is 0 Å². The number of piperidine rings is 1. The molecule has 1 saturated heterocycles. The molecule has 1 aromatic rings. The molecular formula is C15H24N2O. The summed E-state index contributed by atoms with van der Waals surface area (Å²) < 4.78 is 0. The summed E-state index contributed by atoms with van der Waals surface area (Å²) in [5.74, 6) is 0.668. The topological polar surface area (TPSA) is 49.5 Å². The van der Waals surface area contributed by atoms with Crippen LogP contribution in [0, 0.1) is 5.92 Å². The number of benzene rings is 1. The van der Waals surface area contributed by atoms with E-state index < -0.39 is 0 Å². The third-order valence-electron chi connectivity index (χ3n) is 3.77. The van der Waals surface area contributed by atoms with Crippen LogP contribution in [0.1, 0.15) is 30.4 Å². The summed E-state index contributed by atoms with van der Waals surface area (Å²) >= 11 is 0. The maximum atomic E-state index is 9.03. The van der Waals surface area contributed by atoms with Gasteiger partial charge in [0.05, 0.1) is 0 Å². The fourth-order valence-electron chi connectivity index (χ4n) is 2.83. The van der Waals surface area contributed by atoms with Gasteiger partial charge in [0.2, 0.25) is 0 Å². The van der Waals surface area contributed by atoms with Crippen molar-refractivity contribution < 1.29 is 5.11 Å². The number of hydrogen-bond acceptors (Lipinski definition) is 3. The zero-order valence-electron chi connectivity index (χ0n) is 11.0. The van der Waals surface area contributed by atoms with E-state index in [0.717, 1.165) is 19.5 Å². The first kappa shape index (κ1) is 13.5. The van der Waals surface area contributed by atoms with Crippen LogP contribution in [-0.2, 0) is 13.1 Å². The molecule has 0 aromatic heterocycles. The minimum atomic E-state index is 0.321. The minimum absolute atomic E-state index is 0.321. The molecule has 3 N–H and O–H groups in total. The smallest absolute Gasteiger partial charge is 0.0434 e. The molecule has 1 atom stereocenters. The second-order valence-electron chi connectivity index (χ2n) is 5.28. The molecule has 1 aliphatic heterocycles. The Morgan fingerprint density at radius 3 is 2.94 bits per heavy atom. The molecule has 1 aliphatic rings. The van der Waals surface area contributed by atoms with Crippen molar-refractivity contribution in [3.63, 3.8) is 0 Å². The van der Waals surface area contributed by atoms with Gasteiger partial charge in [-0.25, -0.2) is 0 Å². The Hall–Kier alpha value is -0.900. The van der Waals surface area contributed by atoms with Gasteiger partial charge in [0, 0.05) is 26.2 Å². The van der Waals surface area contributed by atoms with Gasteiger partial charge in [-0.2, -0.15) is 0 Å². The van der Waals surface area contributed by atoms with Crippen molar-refractivity contribution in [1.82, 2.24) is 4.90 Å². The molecule has 3 heteroatoms. The van der Waals surface area contributed by atoms with Gasteiger partial charge < -0.3 is 10.8 Å². The van der Waals surface area contributed by atoms with E-state index in [4.69, 9.17) is 10.8 Å². The highest BCUT2D eigenvalue weighted by molar-refractivity contribution is 5.23. The molecule has 0 radical (unpaired) electrons. The normalized spacial score (nSPS) is 21.1. The average Bonchev–Trinajstić information content (AvgIpc) is 2.40. The van der Waals surface area contributed by atoms with Crippen molar-refractivity contribution in [2.75, 3.05) is 19.7 Å². The van der Waals surface area contributed by atoms with E-state index in [1.165, 1.54) is 30.5 Å². The number of nitrogens with zero attached hydrogens (tertiary/aromatic N) is 1. The van der Waals surface area contributed by atoms with Crippen LogP contribution < -0.4 is 5.73 Å². The molecule has 0 bridgehead atoms. The second kappa shape index (κ2) is 6.88. The summed E-state index contributed by atoms with van der Waals surface area (Å²) in [6, 6.07) is 8.55. The Morgan fingerprint density at radius 1 is 1.33 bits per heavy atom. The number of nitrogens with two attached hydrogens (primary N) is 1. The lowest BCUT2D eigenvalue weighted by atomic mass is 9.95. The predicted molar refractivity (Wildman–Crippen MR) is 74.0 cm³/mol. The van der Waals surface area contributed by atoms with Gasteiger partial charge >= 0.3 is 0 Å².